The van der Waals surface area contributed by atoms with E-state index in [-0.39, 0.29) is 5.54 Å². The normalized spacial score (nSPS) is 12.6. The Balaban J connectivity index is 1.94. The Labute approximate surface area is 128 Å². The highest BCUT2D eigenvalue weighted by atomic mass is 15.1. The molecule has 0 spiro atoms. The molecule has 0 amide bonds. The fourth-order valence-corrected chi connectivity index (χ4v) is 2.47. The molecule has 0 aliphatic rings. The number of allylic oxidation sites excluding steroid dienone is 1. The van der Waals surface area contributed by atoms with Crippen LogP contribution in [0.5, 0.6) is 0 Å². The number of aryl methyl sites for hydroxylation is 1. The Bertz CT molecular complexity index is 602. The van der Waals surface area contributed by atoms with Gasteiger partial charge in [-0.25, -0.2) is 4.98 Å². The van der Waals surface area contributed by atoms with Gasteiger partial charge in [0.15, 0.2) is 0 Å². The molecule has 1 aromatic heterocycles. The standard InChI is InChI=1S/C18H27N3/c1-5-21-16-12-9-8-11-15(16)20-17(21)13-7-6-10-14-19-18(2,3)4/h6-9,11-12,19H,5,10,13-14H2,1-4H3. The minimum atomic E-state index is 0.198. The first kappa shape index (κ1) is 15.8. The Hall–Kier alpha value is -1.61. The minimum Gasteiger partial charge on any atom is -0.328 e. The van der Waals surface area contributed by atoms with Crippen LogP contribution >= 0.6 is 0 Å². The topological polar surface area (TPSA) is 29.9 Å². The van der Waals surface area contributed by atoms with Gasteiger partial charge in [-0.15, -0.1) is 0 Å². The van der Waals surface area contributed by atoms with E-state index in [4.69, 9.17) is 4.98 Å². The van der Waals surface area contributed by atoms with Gasteiger partial charge in [0.1, 0.15) is 5.82 Å². The highest BCUT2D eigenvalue weighted by Gasteiger charge is 2.07. The number of benzene rings is 1. The molecule has 0 radical (unpaired) electrons. The number of hydrogen-bond acceptors (Lipinski definition) is 2. The van der Waals surface area contributed by atoms with Crippen LogP contribution in [0.2, 0.25) is 0 Å². The molecule has 0 aliphatic heterocycles. The van der Waals surface area contributed by atoms with Crippen molar-refractivity contribution in [1.29, 1.82) is 0 Å². The van der Waals surface area contributed by atoms with Crippen molar-refractivity contribution in [3.63, 3.8) is 0 Å². The zero-order chi connectivity index (χ0) is 15.3. The van der Waals surface area contributed by atoms with E-state index in [1.165, 1.54) is 5.52 Å². The van der Waals surface area contributed by atoms with Crippen LogP contribution in [0, 0.1) is 0 Å². The molecule has 2 rings (SSSR count). The molecule has 21 heavy (non-hydrogen) atoms. The third kappa shape index (κ3) is 4.43. The van der Waals surface area contributed by atoms with Crippen molar-refractivity contribution in [2.24, 2.45) is 0 Å². The zero-order valence-corrected chi connectivity index (χ0v) is 13.7. The molecule has 0 bridgehead atoms. The first-order valence-electron chi connectivity index (χ1n) is 7.85. The van der Waals surface area contributed by atoms with Crippen LogP contribution in [0.25, 0.3) is 11.0 Å². The van der Waals surface area contributed by atoms with Gasteiger partial charge in [0, 0.05) is 18.5 Å². The summed E-state index contributed by atoms with van der Waals surface area (Å²) in [6.45, 7) is 10.7. The summed E-state index contributed by atoms with van der Waals surface area (Å²) in [5.41, 5.74) is 2.53. The second-order valence-electron chi connectivity index (χ2n) is 6.40. The molecule has 0 fully saturated rings. The van der Waals surface area contributed by atoms with E-state index in [0.29, 0.717) is 0 Å². The summed E-state index contributed by atoms with van der Waals surface area (Å²) in [6, 6.07) is 8.36. The maximum Gasteiger partial charge on any atom is 0.113 e. The van der Waals surface area contributed by atoms with E-state index < -0.39 is 0 Å². The molecule has 1 heterocycles. The molecule has 0 aliphatic carbocycles. The van der Waals surface area contributed by atoms with Gasteiger partial charge in [-0.2, -0.15) is 0 Å². The first-order valence-corrected chi connectivity index (χ1v) is 7.85. The lowest BCUT2D eigenvalue weighted by Gasteiger charge is -2.19. The molecule has 3 nitrogen and oxygen atoms in total. The van der Waals surface area contributed by atoms with Crippen LogP contribution in [0.15, 0.2) is 36.4 Å². The van der Waals surface area contributed by atoms with E-state index in [1.807, 2.05) is 6.07 Å². The Kier molecular flexibility index (Phi) is 5.18. The molecule has 0 unspecified atom stereocenters. The summed E-state index contributed by atoms with van der Waals surface area (Å²) in [7, 11) is 0. The van der Waals surface area contributed by atoms with Gasteiger partial charge in [0.25, 0.3) is 0 Å². The number of fused-ring (bicyclic) bond motifs is 1. The van der Waals surface area contributed by atoms with Crippen LogP contribution in [-0.2, 0) is 13.0 Å². The van der Waals surface area contributed by atoms with Crippen molar-refractivity contribution in [1.82, 2.24) is 14.9 Å². The Morgan fingerprint density at radius 3 is 2.67 bits per heavy atom. The van der Waals surface area contributed by atoms with Crippen molar-refractivity contribution in [2.45, 2.75) is 52.6 Å². The van der Waals surface area contributed by atoms with Crippen LogP contribution in [-0.4, -0.2) is 21.6 Å². The summed E-state index contributed by atoms with van der Waals surface area (Å²) in [6.07, 6.45) is 6.44. The molecule has 114 valence electrons. The maximum absolute atomic E-state index is 4.74. The molecule has 0 saturated heterocycles. The summed E-state index contributed by atoms with van der Waals surface area (Å²) in [4.78, 5) is 4.74. The molecule has 0 atom stereocenters. The number of nitrogens with zero attached hydrogens (tertiary/aromatic N) is 2. The van der Waals surface area contributed by atoms with E-state index >= 15 is 0 Å². The lowest BCUT2D eigenvalue weighted by atomic mass is 10.1. The predicted octanol–water partition coefficient (Wildman–Crippen LogP) is 3.93. The number of rotatable bonds is 6. The minimum absolute atomic E-state index is 0.198. The maximum atomic E-state index is 4.74. The fourth-order valence-electron chi connectivity index (χ4n) is 2.47. The highest BCUT2D eigenvalue weighted by Crippen LogP contribution is 2.16. The van der Waals surface area contributed by atoms with E-state index in [0.717, 1.165) is 37.3 Å². The summed E-state index contributed by atoms with van der Waals surface area (Å²) >= 11 is 0. The van der Waals surface area contributed by atoms with E-state index in [2.05, 4.69) is 67.9 Å². The number of hydrogen-bond donors (Lipinski definition) is 1. The van der Waals surface area contributed by atoms with Crippen molar-refractivity contribution in [2.75, 3.05) is 6.54 Å². The summed E-state index contributed by atoms with van der Waals surface area (Å²) in [5.74, 6) is 1.15. The smallest absolute Gasteiger partial charge is 0.113 e. The predicted molar refractivity (Wildman–Crippen MR) is 90.6 cm³/mol. The number of para-hydroxylation sites is 2. The molecular formula is C18H27N3. The monoisotopic (exact) mass is 285 g/mol. The van der Waals surface area contributed by atoms with Gasteiger partial charge in [-0.3, -0.25) is 0 Å². The lowest BCUT2D eigenvalue weighted by Crippen LogP contribution is -2.36. The average molecular weight is 285 g/mol. The quantitative estimate of drug-likeness (QED) is 0.643. The van der Waals surface area contributed by atoms with Crippen LogP contribution in [0.1, 0.15) is 39.9 Å². The third-order valence-electron chi connectivity index (χ3n) is 3.48. The Morgan fingerprint density at radius 1 is 1.19 bits per heavy atom. The van der Waals surface area contributed by atoms with Crippen molar-refractivity contribution in [3.8, 4) is 0 Å². The molecule has 1 N–H and O–H groups in total. The average Bonchev–Trinajstić information content (AvgIpc) is 2.78. The molecule has 1 aromatic carbocycles. The lowest BCUT2D eigenvalue weighted by molar-refractivity contribution is 0.431. The molecule has 0 saturated carbocycles. The number of nitrogens with one attached hydrogen (secondary N) is 1. The van der Waals surface area contributed by atoms with Gasteiger partial charge >= 0.3 is 0 Å². The number of imidazole rings is 1. The first-order chi connectivity index (χ1) is 10.0. The SMILES string of the molecule is CCn1c(CC=CCCNC(C)(C)C)nc2ccccc21. The number of aromatic nitrogens is 2. The highest BCUT2D eigenvalue weighted by molar-refractivity contribution is 5.75. The van der Waals surface area contributed by atoms with Gasteiger partial charge in [-0.05, 0) is 52.8 Å². The summed E-state index contributed by atoms with van der Waals surface area (Å²) in [5, 5.41) is 3.49. The van der Waals surface area contributed by atoms with Gasteiger partial charge in [0.2, 0.25) is 0 Å². The van der Waals surface area contributed by atoms with Gasteiger partial charge in [0.05, 0.1) is 11.0 Å². The van der Waals surface area contributed by atoms with Crippen molar-refractivity contribution in [3.05, 3.63) is 42.2 Å². The second kappa shape index (κ2) is 6.90. The Morgan fingerprint density at radius 2 is 1.95 bits per heavy atom. The molecule has 2 aromatic rings. The van der Waals surface area contributed by atoms with Crippen LogP contribution in [0.3, 0.4) is 0 Å². The molecular weight excluding hydrogens is 258 g/mol. The molecule has 3 heteroatoms. The largest absolute Gasteiger partial charge is 0.328 e. The van der Waals surface area contributed by atoms with E-state index in [9.17, 15) is 0 Å². The second-order valence-corrected chi connectivity index (χ2v) is 6.40. The van der Waals surface area contributed by atoms with Crippen LogP contribution in [0.4, 0.5) is 0 Å². The fraction of sp³-hybridized carbons (Fsp3) is 0.500. The van der Waals surface area contributed by atoms with Gasteiger partial charge < -0.3 is 9.88 Å². The van der Waals surface area contributed by atoms with Gasteiger partial charge in [-0.1, -0.05) is 24.3 Å². The van der Waals surface area contributed by atoms with Crippen molar-refractivity contribution < 1.29 is 0 Å². The van der Waals surface area contributed by atoms with Crippen LogP contribution < -0.4 is 5.32 Å². The van der Waals surface area contributed by atoms with Crippen molar-refractivity contribution >= 4 is 11.0 Å². The third-order valence-corrected chi connectivity index (χ3v) is 3.48. The zero-order valence-electron chi connectivity index (χ0n) is 13.7. The van der Waals surface area contributed by atoms with E-state index in [1.54, 1.807) is 0 Å². The summed E-state index contributed by atoms with van der Waals surface area (Å²) < 4.78 is 2.30.